The first kappa shape index (κ1) is 24.1. The number of carbonyl (C=O) groups is 2. The molecule has 0 N–H and O–H groups in total. The van der Waals surface area contributed by atoms with E-state index in [4.69, 9.17) is 9.47 Å². The molecular formula is C24H22N2O8S. The zero-order valence-corrected chi connectivity index (χ0v) is 19.8. The highest BCUT2D eigenvalue weighted by atomic mass is 32.2. The van der Waals surface area contributed by atoms with Crippen LogP contribution in [-0.4, -0.2) is 35.0 Å². The average Bonchev–Trinajstić information content (AvgIpc) is 3.23. The van der Waals surface area contributed by atoms with Crippen molar-refractivity contribution in [2.45, 2.75) is 37.4 Å². The first-order chi connectivity index (χ1) is 16.4. The van der Waals surface area contributed by atoms with E-state index < -0.39 is 48.7 Å². The number of nitrogens with zero attached hydrogens (tertiary/aromatic N) is 2. The van der Waals surface area contributed by atoms with E-state index >= 15 is 0 Å². The minimum Gasteiger partial charge on any atom is -0.422 e. The lowest BCUT2D eigenvalue weighted by Gasteiger charge is -2.40. The number of carbonyl (C=O) groups excluding carboxylic acids is 2. The topological polar surface area (TPSA) is 135 Å². The van der Waals surface area contributed by atoms with Crippen LogP contribution in [0.3, 0.4) is 0 Å². The number of para-hydroxylation sites is 1. The van der Waals surface area contributed by atoms with Gasteiger partial charge in [0.1, 0.15) is 0 Å². The lowest BCUT2D eigenvalue weighted by atomic mass is 9.77. The molecule has 1 aliphatic heterocycles. The van der Waals surface area contributed by atoms with E-state index in [1.807, 2.05) is 0 Å². The summed E-state index contributed by atoms with van der Waals surface area (Å²) in [7, 11) is -4.33. The van der Waals surface area contributed by atoms with E-state index in [-0.39, 0.29) is 18.4 Å². The molecule has 0 amide bonds. The van der Waals surface area contributed by atoms with Crippen molar-refractivity contribution in [1.29, 1.82) is 0 Å². The van der Waals surface area contributed by atoms with E-state index in [1.54, 1.807) is 12.1 Å². The fourth-order valence-corrected chi connectivity index (χ4v) is 5.71. The zero-order valence-electron chi connectivity index (χ0n) is 19.0. The summed E-state index contributed by atoms with van der Waals surface area (Å²) in [5.74, 6) is -2.93. The third-order valence-electron chi connectivity index (χ3n) is 5.83. The lowest BCUT2D eigenvalue weighted by molar-refractivity contribution is -0.387. The van der Waals surface area contributed by atoms with Gasteiger partial charge in [0.2, 0.25) is 0 Å². The van der Waals surface area contributed by atoms with Crippen LogP contribution in [0.5, 0.6) is 0 Å². The van der Waals surface area contributed by atoms with Gasteiger partial charge in [0.15, 0.2) is 10.3 Å². The molecule has 35 heavy (non-hydrogen) atoms. The minimum atomic E-state index is -4.33. The SMILES string of the molecule is C=CCC1(Cc2cccc3c2ccn3S(=O)(=O)c2ccccc2[N+](=O)[O-])C(=O)OC(C)(C)OC1=O. The molecular weight excluding hydrogens is 476 g/mol. The van der Waals surface area contributed by atoms with Gasteiger partial charge < -0.3 is 9.47 Å². The number of cyclic esters (lactones) is 2. The lowest BCUT2D eigenvalue weighted by Crippen LogP contribution is -2.54. The van der Waals surface area contributed by atoms with Crippen LogP contribution in [0.4, 0.5) is 5.69 Å². The number of rotatable bonds is 7. The van der Waals surface area contributed by atoms with Crippen LogP contribution in [0, 0.1) is 15.5 Å². The highest BCUT2D eigenvalue weighted by Gasteiger charge is 2.55. The van der Waals surface area contributed by atoms with E-state index in [1.165, 1.54) is 50.4 Å². The largest absolute Gasteiger partial charge is 0.422 e. The molecule has 1 aliphatic rings. The first-order valence-electron chi connectivity index (χ1n) is 10.6. The molecule has 0 bridgehead atoms. The summed E-state index contributed by atoms with van der Waals surface area (Å²) < 4.78 is 38.4. The second-order valence-corrected chi connectivity index (χ2v) is 10.4. The second kappa shape index (κ2) is 8.35. The van der Waals surface area contributed by atoms with Gasteiger partial charge in [-0.05, 0) is 30.2 Å². The highest BCUT2D eigenvalue weighted by Crippen LogP contribution is 2.40. The number of hydrogen-bond acceptors (Lipinski definition) is 8. The van der Waals surface area contributed by atoms with Crippen molar-refractivity contribution in [2.75, 3.05) is 0 Å². The molecule has 1 fully saturated rings. The Bertz CT molecular complexity index is 1470. The van der Waals surface area contributed by atoms with Crippen LogP contribution in [0.1, 0.15) is 25.8 Å². The van der Waals surface area contributed by atoms with Crippen LogP contribution >= 0.6 is 0 Å². The average molecular weight is 499 g/mol. The predicted octanol–water partition coefficient (Wildman–Crippen LogP) is 3.73. The second-order valence-electron chi connectivity index (χ2n) is 8.62. The molecule has 3 aromatic rings. The molecule has 2 heterocycles. The van der Waals surface area contributed by atoms with Gasteiger partial charge >= 0.3 is 11.9 Å². The predicted molar refractivity (Wildman–Crippen MR) is 125 cm³/mol. The number of esters is 2. The van der Waals surface area contributed by atoms with Crippen molar-refractivity contribution in [1.82, 2.24) is 3.97 Å². The van der Waals surface area contributed by atoms with Crippen molar-refractivity contribution in [3.05, 3.63) is 83.1 Å². The molecule has 4 rings (SSSR count). The summed E-state index contributed by atoms with van der Waals surface area (Å²) in [6.07, 6.45) is 2.53. The van der Waals surface area contributed by atoms with E-state index in [9.17, 15) is 28.1 Å². The van der Waals surface area contributed by atoms with Crippen LogP contribution in [0.25, 0.3) is 10.9 Å². The Morgan fingerprint density at radius 1 is 1.06 bits per heavy atom. The molecule has 11 heteroatoms. The standard InChI is InChI=1S/C24H22N2O8S/c1-4-13-24(21(27)33-23(2,3)34-22(24)28)15-16-8-7-10-18-17(16)12-14-25(18)35(31,32)20-11-6-5-9-19(20)26(29)30/h4-12,14H,1,13,15H2,2-3H3. The molecule has 0 aliphatic carbocycles. The van der Waals surface area contributed by atoms with Crippen LogP contribution in [0.15, 0.2) is 72.3 Å². The Kier molecular flexibility index (Phi) is 5.76. The Morgan fingerprint density at radius 2 is 1.71 bits per heavy atom. The molecule has 1 saturated heterocycles. The zero-order chi connectivity index (χ0) is 25.6. The van der Waals surface area contributed by atoms with Gasteiger partial charge in [0, 0.05) is 37.9 Å². The molecule has 1 aromatic heterocycles. The summed E-state index contributed by atoms with van der Waals surface area (Å²) in [5, 5.41) is 11.9. The van der Waals surface area contributed by atoms with Gasteiger partial charge in [-0.2, -0.15) is 0 Å². The first-order valence-corrected chi connectivity index (χ1v) is 12.0. The molecule has 0 radical (unpaired) electrons. The summed E-state index contributed by atoms with van der Waals surface area (Å²) in [5.41, 5.74) is -1.52. The van der Waals surface area contributed by atoms with Crippen molar-refractivity contribution in [3.63, 3.8) is 0 Å². The molecule has 10 nitrogen and oxygen atoms in total. The van der Waals surface area contributed by atoms with Gasteiger partial charge in [-0.15, -0.1) is 6.58 Å². The fourth-order valence-electron chi connectivity index (χ4n) is 4.20. The van der Waals surface area contributed by atoms with Crippen molar-refractivity contribution < 1.29 is 32.4 Å². The fraction of sp³-hybridized carbons (Fsp3) is 0.250. The number of aromatic nitrogens is 1. The van der Waals surface area contributed by atoms with Crippen molar-refractivity contribution >= 4 is 38.6 Å². The smallest absolute Gasteiger partial charge is 0.327 e. The van der Waals surface area contributed by atoms with E-state index in [0.29, 0.717) is 10.9 Å². The number of ether oxygens (including phenoxy) is 2. The number of benzene rings is 2. The quantitative estimate of drug-likeness (QED) is 0.158. The maximum Gasteiger partial charge on any atom is 0.327 e. The van der Waals surface area contributed by atoms with Crippen molar-refractivity contribution in [3.8, 4) is 0 Å². The van der Waals surface area contributed by atoms with Gasteiger partial charge in [0.05, 0.1) is 10.4 Å². The minimum absolute atomic E-state index is 0.0493. The van der Waals surface area contributed by atoms with Crippen LogP contribution < -0.4 is 0 Å². The van der Waals surface area contributed by atoms with E-state index in [0.717, 1.165) is 16.1 Å². The van der Waals surface area contributed by atoms with Gasteiger partial charge in [0.25, 0.3) is 21.5 Å². The Morgan fingerprint density at radius 3 is 2.34 bits per heavy atom. The number of hydrogen-bond donors (Lipinski definition) is 0. The van der Waals surface area contributed by atoms with Crippen LogP contribution in [-0.2, 0) is 35.5 Å². The summed E-state index contributed by atoms with van der Waals surface area (Å²) >= 11 is 0. The molecule has 0 atom stereocenters. The molecule has 2 aromatic carbocycles. The van der Waals surface area contributed by atoms with Gasteiger partial charge in [-0.25, -0.2) is 12.4 Å². The Labute approximate surface area is 201 Å². The summed E-state index contributed by atoms with van der Waals surface area (Å²) in [6, 6.07) is 11.4. The van der Waals surface area contributed by atoms with E-state index in [2.05, 4.69) is 6.58 Å². The molecule has 0 saturated carbocycles. The maximum absolute atomic E-state index is 13.4. The maximum atomic E-state index is 13.4. The van der Waals surface area contributed by atoms with Gasteiger partial charge in [-0.1, -0.05) is 30.3 Å². The Hall–Kier alpha value is -3.99. The van der Waals surface area contributed by atoms with Gasteiger partial charge in [-0.3, -0.25) is 19.7 Å². The number of nitro benzene ring substituents is 1. The highest BCUT2D eigenvalue weighted by molar-refractivity contribution is 7.90. The molecule has 0 unspecified atom stereocenters. The Balaban J connectivity index is 1.83. The summed E-state index contributed by atoms with van der Waals surface area (Å²) in [6.45, 7) is 6.55. The molecule has 0 spiro atoms. The number of fused-ring (bicyclic) bond motifs is 1. The monoisotopic (exact) mass is 498 g/mol. The number of allylic oxidation sites excluding steroid dienone is 1. The molecule has 182 valence electrons. The third kappa shape index (κ3) is 3.97. The third-order valence-corrected chi connectivity index (χ3v) is 7.57. The van der Waals surface area contributed by atoms with Crippen LogP contribution in [0.2, 0.25) is 0 Å². The summed E-state index contributed by atoms with van der Waals surface area (Å²) in [4.78, 5) is 36.2. The number of nitro groups is 1. The van der Waals surface area contributed by atoms with Crippen molar-refractivity contribution in [2.24, 2.45) is 5.41 Å². The normalized spacial score (nSPS) is 17.0.